The number of nitrogens with zero attached hydrogens (tertiary/aromatic N) is 3. The molecule has 156 valence electrons. The number of amides is 1. The van der Waals surface area contributed by atoms with Crippen molar-refractivity contribution in [3.63, 3.8) is 0 Å². The molecule has 3 aromatic rings. The molecule has 1 amide bonds. The molecule has 0 spiro atoms. The number of carbonyl (C=O) groups is 2. The summed E-state index contributed by atoms with van der Waals surface area (Å²) in [6.45, 7) is 0. The molecular formula is C24H20BrN3O3. The standard InChI is InChI=1S/C24H20BrN3O3/c1-27(2)17-10-12-18(13-11-17)28-21(19-5-3-4-14-26-19)20(23(30)24(28)31)22(29)15-6-8-16(25)9-7-15/h3-14,21,29H,1-2H3/b22-20-. The lowest BCUT2D eigenvalue weighted by molar-refractivity contribution is -0.132. The number of hydrogen-bond donors (Lipinski definition) is 1. The molecule has 1 aliphatic rings. The van der Waals surface area contributed by atoms with Crippen LogP contribution in [0.2, 0.25) is 0 Å². The van der Waals surface area contributed by atoms with E-state index in [0.29, 0.717) is 16.9 Å². The van der Waals surface area contributed by atoms with Crippen molar-refractivity contribution in [2.75, 3.05) is 23.9 Å². The minimum atomic E-state index is -0.838. The van der Waals surface area contributed by atoms with E-state index in [9.17, 15) is 14.7 Å². The van der Waals surface area contributed by atoms with Crippen LogP contribution in [0.25, 0.3) is 5.76 Å². The Balaban J connectivity index is 1.89. The van der Waals surface area contributed by atoms with Crippen LogP contribution in [0.4, 0.5) is 11.4 Å². The van der Waals surface area contributed by atoms with E-state index in [1.54, 1.807) is 60.8 Å². The SMILES string of the molecule is CN(C)c1ccc(N2C(=O)C(=O)/C(=C(\O)c3ccc(Br)cc3)C2c2ccccn2)cc1. The maximum Gasteiger partial charge on any atom is 0.300 e. The van der Waals surface area contributed by atoms with E-state index in [-0.39, 0.29) is 11.3 Å². The summed E-state index contributed by atoms with van der Waals surface area (Å²) < 4.78 is 0.840. The average molecular weight is 478 g/mol. The molecule has 31 heavy (non-hydrogen) atoms. The van der Waals surface area contributed by atoms with E-state index in [1.165, 1.54) is 4.90 Å². The molecule has 1 atom stereocenters. The number of aliphatic hydroxyl groups is 1. The Morgan fingerprint density at radius 3 is 2.26 bits per heavy atom. The molecule has 1 N–H and O–H groups in total. The highest BCUT2D eigenvalue weighted by molar-refractivity contribution is 9.10. The number of anilines is 2. The zero-order chi connectivity index (χ0) is 22.1. The molecule has 7 heteroatoms. The van der Waals surface area contributed by atoms with Crippen molar-refractivity contribution in [2.24, 2.45) is 0 Å². The third-order valence-electron chi connectivity index (χ3n) is 5.17. The molecule has 2 aromatic carbocycles. The van der Waals surface area contributed by atoms with E-state index >= 15 is 0 Å². The molecule has 0 radical (unpaired) electrons. The van der Waals surface area contributed by atoms with Gasteiger partial charge in [0.25, 0.3) is 11.7 Å². The number of aliphatic hydroxyl groups excluding tert-OH is 1. The number of aromatic nitrogens is 1. The minimum Gasteiger partial charge on any atom is -0.507 e. The van der Waals surface area contributed by atoms with Gasteiger partial charge in [-0.05, 0) is 48.5 Å². The number of halogens is 1. The van der Waals surface area contributed by atoms with Crippen molar-refractivity contribution in [2.45, 2.75) is 6.04 Å². The van der Waals surface area contributed by atoms with Crippen molar-refractivity contribution < 1.29 is 14.7 Å². The van der Waals surface area contributed by atoms with Crippen LogP contribution in [0.5, 0.6) is 0 Å². The van der Waals surface area contributed by atoms with E-state index in [1.807, 2.05) is 31.1 Å². The second-order valence-corrected chi connectivity index (χ2v) is 8.26. The summed E-state index contributed by atoms with van der Waals surface area (Å²) >= 11 is 3.36. The minimum absolute atomic E-state index is 0.0164. The zero-order valence-electron chi connectivity index (χ0n) is 17.0. The van der Waals surface area contributed by atoms with Crippen LogP contribution in [-0.4, -0.2) is 35.9 Å². The van der Waals surface area contributed by atoms with Gasteiger partial charge in [-0.15, -0.1) is 0 Å². The fourth-order valence-electron chi connectivity index (χ4n) is 3.59. The lowest BCUT2D eigenvalue weighted by Gasteiger charge is -2.25. The van der Waals surface area contributed by atoms with Gasteiger partial charge >= 0.3 is 0 Å². The summed E-state index contributed by atoms with van der Waals surface area (Å²) in [5, 5.41) is 11.0. The van der Waals surface area contributed by atoms with Gasteiger partial charge in [-0.2, -0.15) is 0 Å². The van der Waals surface area contributed by atoms with Gasteiger partial charge in [0.1, 0.15) is 11.8 Å². The van der Waals surface area contributed by atoms with Gasteiger partial charge in [0.15, 0.2) is 0 Å². The lowest BCUT2D eigenvalue weighted by atomic mass is 9.98. The van der Waals surface area contributed by atoms with E-state index in [2.05, 4.69) is 20.9 Å². The first kappa shape index (κ1) is 20.8. The van der Waals surface area contributed by atoms with E-state index in [4.69, 9.17) is 0 Å². The van der Waals surface area contributed by atoms with Gasteiger partial charge in [-0.25, -0.2) is 0 Å². The van der Waals surface area contributed by atoms with Gasteiger partial charge in [-0.1, -0.05) is 34.1 Å². The quantitative estimate of drug-likeness (QED) is 0.339. The fourth-order valence-corrected chi connectivity index (χ4v) is 3.86. The Bertz CT molecular complexity index is 1160. The van der Waals surface area contributed by atoms with Gasteiger partial charge < -0.3 is 10.0 Å². The Labute approximate surface area is 188 Å². The number of rotatable bonds is 4. The molecule has 2 heterocycles. The summed E-state index contributed by atoms with van der Waals surface area (Å²) in [5.74, 6) is -1.67. The Kier molecular flexibility index (Phi) is 5.61. The number of benzene rings is 2. The number of ketones is 1. The lowest BCUT2D eigenvalue weighted by Crippen LogP contribution is -2.29. The monoisotopic (exact) mass is 477 g/mol. The van der Waals surface area contributed by atoms with E-state index in [0.717, 1.165) is 10.2 Å². The molecular weight excluding hydrogens is 458 g/mol. The second-order valence-electron chi connectivity index (χ2n) is 7.34. The molecule has 1 unspecified atom stereocenters. The average Bonchev–Trinajstić information content (AvgIpc) is 3.05. The summed E-state index contributed by atoms with van der Waals surface area (Å²) in [5.41, 5.74) is 2.48. The largest absolute Gasteiger partial charge is 0.507 e. The highest BCUT2D eigenvalue weighted by Gasteiger charge is 2.47. The number of pyridine rings is 1. The molecule has 0 bridgehead atoms. The summed E-state index contributed by atoms with van der Waals surface area (Å²) in [6, 6.07) is 18.7. The second kappa shape index (κ2) is 8.35. The highest BCUT2D eigenvalue weighted by atomic mass is 79.9. The topological polar surface area (TPSA) is 73.7 Å². The highest BCUT2D eigenvalue weighted by Crippen LogP contribution is 2.41. The summed E-state index contributed by atoms with van der Waals surface area (Å²) in [6.07, 6.45) is 1.60. The van der Waals surface area contributed by atoms with Gasteiger partial charge in [-0.3, -0.25) is 19.5 Å². The third-order valence-corrected chi connectivity index (χ3v) is 5.70. The van der Waals surface area contributed by atoms with Crippen LogP contribution in [0.3, 0.4) is 0 Å². The van der Waals surface area contributed by atoms with Crippen LogP contribution < -0.4 is 9.80 Å². The molecule has 1 aliphatic heterocycles. The first-order valence-electron chi connectivity index (χ1n) is 9.63. The Morgan fingerprint density at radius 2 is 1.68 bits per heavy atom. The first-order chi connectivity index (χ1) is 14.9. The molecule has 1 fully saturated rings. The Morgan fingerprint density at radius 1 is 1.00 bits per heavy atom. The molecule has 0 aliphatic carbocycles. The van der Waals surface area contributed by atoms with Crippen LogP contribution in [0, 0.1) is 0 Å². The predicted octanol–water partition coefficient (Wildman–Crippen LogP) is 4.54. The Hall–Kier alpha value is -3.45. The smallest absolute Gasteiger partial charge is 0.300 e. The molecule has 0 saturated carbocycles. The van der Waals surface area contributed by atoms with Crippen molar-refractivity contribution >= 4 is 44.8 Å². The van der Waals surface area contributed by atoms with Gasteiger partial charge in [0.05, 0.1) is 11.3 Å². The molecule has 1 saturated heterocycles. The van der Waals surface area contributed by atoms with Crippen LogP contribution in [-0.2, 0) is 9.59 Å². The van der Waals surface area contributed by atoms with Crippen LogP contribution >= 0.6 is 15.9 Å². The number of carbonyl (C=O) groups excluding carboxylic acids is 2. The van der Waals surface area contributed by atoms with Crippen molar-refractivity contribution in [3.05, 3.63) is 94.2 Å². The van der Waals surface area contributed by atoms with Crippen molar-refractivity contribution in [3.8, 4) is 0 Å². The maximum atomic E-state index is 13.1. The molecule has 4 rings (SSSR count). The van der Waals surface area contributed by atoms with Gasteiger partial charge in [0, 0.05) is 41.7 Å². The molecule has 1 aromatic heterocycles. The van der Waals surface area contributed by atoms with Gasteiger partial charge in [0.2, 0.25) is 0 Å². The maximum absolute atomic E-state index is 13.1. The van der Waals surface area contributed by atoms with Crippen molar-refractivity contribution in [1.29, 1.82) is 0 Å². The zero-order valence-corrected chi connectivity index (χ0v) is 18.6. The fraction of sp³-hybridized carbons (Fsp3) is 0.125. The normalized spacial score (nSPS) is 17.8. The molecule has 6 nitrogen and oxygen atoms in total. The number of Topliss-reactive ketones (excluding diaryl/α,β-unsaturated/α-hetero) is 1. The predicted molar refractivity (Wildman–Crippen MR) is 124 cm³/mol. The number of hydrogen-bond acceptors (Lipinski definition) is 5. The van der Waals surface area contributed by atoms with Crippen molar-refractivity contribution in [1.82, 2.24) is 4.98 Å². The summed E-state index contributed by atoms with van der Waals surface area (Å²) in [7, 11) is 3.85. The van der Waals surface area contributed by atoms with Crippen LogP contribution in [0.15, 0.2) is 83.0 Å². The third kappa shape index (κ3) is 3.84. The van der Waals surface area contributed by atoms with E-state index < -0.39 is 17.7 Å². The summed E-state index contributed by atoms with van der Waals surface area (Å²) in [4.78, 5) is 33.9. The first-order valence-corrected chi connectivity index (χ1v) is 10.4. The van der Waals surface area contributed by atoms with Crippen LogP contribution in [0.1, 0.15) is 17.3 Å².